The third-order valence-electron chi connectivity index (χ3n) is 14.1. The van der Waals surface area contributed by atoms with Crippen LogP contribution in [0.3, 0.4) is 0 Å². The van der Waals surface area contributed by atoms with Crippen LogP contribution < -0.4 is 21.3 Å². The fourth-order valence-corrected chi connectivity index (χ4v) is 9.66. The fraction of sp³-hybridized carbons (Fsp3) is 0.491. The highest BCUT2D eigenvalue weighted by atomic mass is 35.5. The number of aryl methyl sites for hydroxylation is 1. The molecule has 2 saturated carbocycles. The zero-order valence-corrected chi connectivity index (χ0v) is 41.5. The molecule has 0 heterocycles. The average Bonchev–Trinajstić information content (AvgIpc) is 3.32. The van der Waals surface area contributed by atoms with Crippen LogP contribution in [0.1, 0.15) is 105 Å². The second-order valence-electron chi connectivity index (χ2n) is 19.3. The van der Waals surface area contributed by atoms with Crippen LogP contribution >= 0.6 is 11.6 Å². The highest BCUT2D eigenvalue weighted by Gasteiger charge is 2.39. The quantitative estimate of drug-likeness (QED) is 0.0704. The van der Waals surface area contributed by atoms with Gasteiger partial charge in [0.2, 0.25) is 23.6 Å². The molecule has 4 aromatic carbocycles. The number of benzene rings is 4. The van der Waals surface area contributed by atoms with Gasteiger partial charge in [0.05, 0.1) is 0 Å². The van der Waals surface area contributed by atoms with Crippen molar-refractivity contribution in [3.63, 3.8) is 0 Å². The number of carbonyl (C=O) groups excluding carboxylic acids is 4. The molecule has 2 fully saturated rings. The first-order valence-electron chi connectivity index (χ1n) is 24.3. The van der Waals surface area contributed by atoms with Gasteiger partial charge in [0.15, 0.2) is 0 Å². The largest absolute Gasteiger partial charge is 0.356 e. The highest BCUT2D eigenvalue weighted by molar-refractivity contribution is 6.30. The maximum absolute atomic E-state index is 13.6. The van der Waals surface area contributed by atoms with E-state index in [9.17, 15) is 28.0 Å². The number of likely N-dealkylation sites (N-methyl/N-ethyl adjacent to an activating group) is 2. The van der Waals surface area contributed by atoms with Gasteiger partial charge in [-0.3, -0.25) is 19.2 Å². The molecule has 0 aromatic heterocycles. The summed E-state index contributed by atoms with van der Waals surface area (Å²) in [7, 11) is 8.55. The van der Waals surface area contributed by atoms with E-state index in [1.165, 1.54) is 28.8 Å². The van der Waals surface area contributed by atoms with Gasteiger partial charge in [-0.2, -0.15) is 0 Å². The first-order chi connectivity index (χ1) is 32.5. The minimum Gasteiger partial charge on any atom is -0.356 e. The number of hydrogen-bond acceptors (Lipinski definition) is 6. The smallest absolute Gasteiger partial charge is 0.220 e. The molecular formula is C55H73ClF2N6O4. The van der Waals surface area contributed by atoms with E-state index in [1.807, 2.05) is 12.1 Å². The van der Waals surface area contributed by atoms with E-state index in [-0.39, 0.29) is 84.1 Å². The number of halogens is 3. The van der Waals surface area contributed by atoms with E-state index in [0.29, 0.717) is 37.1 Å². The Bertz CT molecular complexity index is 2060. The molecule has 0 spiro atoms. The molecule has 6 rings (SSSR count). The molecule has 0 saturated heterocycles. The standard InChI is InChI=1S/C28H38FN3O2.C27H35ClFN3O2/c1-21-8-10-22(11-9-21)20-28(32(2)3)17-14-24(15-18-28)31-27(34)13-12-26(33)30-19-16-23-6-4-5-7-25(23)29;1-32(2)27(19-20-7-9-22(28)10-8-20)16-13-23(14-17-27)31-26(34)12-11-25(33)30-18-15-21-5-3-4-6-24(21)29/h4-11,24H,12-20H2,1-3H3,(H,30,33)(H,31,34);3-10,23H,11-19H2,1-2H3,(H,30,33)(H,31,34). The predicted molar refractivity (Wildman–Crippen MR) is 268 cm³/mol. The second-order valence-corrected chi connectivity index (χ2v) is 19.7. The fourth-order valence-electron chi connectivity index (χ4n) is 9.54. The molecule has 13 heteroatoms. The molecule has 2 aliphatic rings. The summed E-state index contributed by atoms with van der Waals surface area (Å²) < 4.78 is 27.3. The summed E-state index contributed by atoms with van der Waals surface area (Å²) in [6.45, 7) is 2.82. The molecule has 368 valence electrons. The Morgan fingerprint density at radius 1 is 0.544 bits per heavy atom. The van der Waals surface area contributed by atoms with Gasteiger partial charge >= 0.3 is 0 Å². The van der Waals surface area contributed by atoms with Gasteiger partial charge in [-0.25, -0.2) is 8.78 Å². The molecule has 4 N–H and O–H groups in total. The molecule has 0 unspecified atom stereocenters. The zero-order chi connectivity index (χ0) is 49.1. The van der Waals surface area contributed by atoms with Crippen LogP contribution in [0.4, 0.5) is 8.78 Å². The van der Waals surface area contributed by atoms with Crippen molar-refractivity contribution in [1.29, 1.82) is 0 Å². The minimum absolute atomic E-state index is 0.0627. The van der Waals surface area contributed by atoms with Crippen molar-refractivity contribution in [3.05, 3.63) is 142 Å². The summed E-state index contributed by atoms with van der Waals surface area (Å²) in [6.07, 6.45) is 11.1. The number of hydrogen-bond donors (Lipinski definition) is 4. The van der Waals surface area contributed by atoms with Crippen LogP contribution in [0.2, 0.25) is 5.02 Å². The summed E-state index contributed by atoms with van der Waals surface area (Å²) in [5.74, 6) is -1.07. The number of amides is 4. The Kier molecular flexibility index (Phi) is 21.0. The number of carbonyl (C=O) groups is 4. The van der Waals surface area contributed by atoms with Gasteiger partial charge in [0.25, 0.3) is 0 Å². The van der Waals surface area contributed by atoms with E-state index in [2.05, 4.69) is 103 Å². The Morgan fingerprint density at radius 3 is 1.26 bits per heavy atom. The average molecular weight is 956 g/mol. The Balaban J connectivity index is 0.000000254. The number of rotatable bonds is 20. The van der Waals surface area contributed by atoms with Crippen LogP contribution in [-0.2, 0) is 44.9 Å². The van der Waals surface area contributed by atoms with Gasteiger partial charge in [-0.05, 0) is 159 Å². The SMILES string of the molecule is CN(C)C1(Cc2ccc(Cl)cc2)CCC(NC(=O)CCC(=O)NCCc2ccccc2F)CC1.Cc1ccc(CC2(N(C)C)CCC(NC(=O)CCC(=O)NCCc3ccccc3F)CC2)cc1. The summed E-state index contributed by atoms with van der Waals surface area (Å²) >= 11 is 6.03. The molecular weight excluding hydrogens is 882 g/mol. The summed E-state index contributed by atoms with van der Waals surface area (Å²) in [5.41, 5.74) is 5.20. The number of nitrogens with zero attached hydrogens (tertiary/aromatic N) is 2. The highest BCUT2D eigenvalue weighted by Crippen LogP contribution is 2.37. The van der Waals surface area contributed by atoms with Gasteiger partial charge < -0.3 is 31.1 Å². The molecule has 4 aromatic rings. The van der Waals surface area contributed by atoms with E-state index < -0.39 is 0 Å². The second kappa shape index (κ2) is 26.5. The minimum atomic E-state index is -0.268. The van der Waals surface area contributed by atoms with Gasteiger partial charge in [0.1, 0.15) is 11.6 Å². The first-order valence-corrected chi connectivity index (χ1v) is 24.7. The maximum atomic E-state index is 13.6. The first kappa shape index (κ1) is 53.8. The molecule has 0 atom stereocenters. The molecule has 0 aliphatic heterocycles. The van der Waals surface area contributed by atoms with Crippen molar-refractivity contribution < 1.29 is 28.0 Å². The van der Waals surface area contributed by atoms with Crippen LogP contribution in [0.25, 0.3) is 0 Å². The van der Waals surface area contributed by atoms with E-state index >= 15 is 0 Å². The van der Waals surface area contributed by atoms with Gasteiger partial charge in [0, 0.05) is 67.0 Å². The third kappa shape index (κ3) is 17.1. The lowest BCUT2D eigenvalue weighted by Crippen LogP contribution is -2.52. The van der Waals surface area contributed by atoms with Crippen molar-refractivity contribution in [2.24, 2.45) is 0 Å². The van der Waals surface area contributed by atoms with E-state index in [1.54, 1.807) is 36.4 Å². The summed E-state index contributed by atoms with van der Waals surface area (Å²) in [5, 5.41) is 12.5. The predicted octanol–water partition coefficient (Wildman–Crippen LogP) is 8.69. The number of nitrogens with one attached hydrogen (secondary N) is 4. The molecule has 0 radical (unpaired) electrons. The zero-order valence-electron chi connectivity index (χ0n) is 40.8. The van der Waals surface area contributed by atoms with Crippen LogP contribution in [-0.4, -0.2) is 97.9 Å². The van der Waals surface area contributed by atoms with Crippen molar-refractivity contribution in [3.8, 4) is 0 Å². The van der Waals surface area contributed by atoms with Crippen molar-refractivity contribution >= 4 is 35.2 Å². The molecule has 0 bridgehead atoms. The lowest BCUT2D eigenvalue weighted by atomic mass is 9.74. The Morgan fingerprint density at radius 2 is 0.897 bits per heavy atom. The van der Waals surface area contributed by atoms with Crippen LogP contribution in [0, 0.1) is 18.6 Å². The Hall–Kier alpha value is -5.17. The Labute approximate surface area is 408 Å². The third-order valence-corrected chi connectivity index (χ3v) is 14.3. The summed E-state index contributed by atoms with van der Waals surface area (Å²) in [6, 6.07) is 30.2. The van der Waals surface area contributed by atoms with Crippen LogP contribution in [0.5, 0.6) is 0 Å². The van der Waals surface area contributed by atoms with Crippen LogP contribution in [0.15, 0.2) is 97.1 Å². The molecule has 68 heavy (non-hydrogen) atoms. The molecule has 10 nitrogen and oxygen atoms in total. The monoisotopic (exact) mass is 955 g/mol. The molecule has 2 aliphatic carbocycles. The van der Waals surface area contributed by atoms with Crippen molar-refractivity contribution in [1.82, 2.24) is 31.1 Å². The van der Waals surface area contributed by atoms with E-state index in [0.717, 1.165) is 69.2 Å². The van der Waals surface area contributed by atoms with Gasteiger partial charge in [-0.15, -0.1) is 0 Å². The normalized spacial score (nSPS) is 20.2. The van der Waals surface area contributed by atoms with E-state index in [4.69, 9.17) is 11.6 Å². The summed E-state index contributed by atoms with van der Waals surface area (Å²) in [4.78, 5) is 53.6. The lowest BCUT2D eigenvalue weighted by Gasteiger charge is -2.45. The molecule has 4 amide bonds. The van der Waals surface area contributed by atoms with Gasteiger partial charge in [-0.1, -0.05) is 90.0 Å². The van der Waals surface area contributed by atoms with Crippen molar-refractivity contribution in [2.75, 3.05) is 41.3 Å². The van der Waals surface area contributed by atoms with Crippen molar-refractivity contribution in [2.45, 2.75) is 133 Å². The maximum Gasteiger partial charge on any atom is 0.220 e. The topological polar surface area (TPSA) is 123 Å². The lowest BCUT2D eigenvalue weighted by molar-refractivity contribution is -0.127.